The van der Waals surface area contributed by atoms with Crippen LogP contribution < -0.4 is 0 Å². The van der Waals surface area contributed by atoms with E-state index in [0.717, 1.165) is 32.4 Å². The highest BCUT2D eigenvalue weighted by atomic mass is 31.2. The fraction of sp³-hybridized carbons (Fsp3) is 0.833. The van der Waals surface area contributed by atoms with Crippen molar-refractivity contribution in [3.63, 3.8) is 0 Å². The van der Waals surface area contributed by atoms with Gasteiger partial charge in [-0.15, -0.1) is 0 Å². The van der Waals surface area contributed by atoms with Crippen molar-refractivity contribution in [1.29, 1.82) is 0 Å². The first kappa shape index (κ1) is 16.5. The summed E-state index contributed by atoms with van der Waals surface area (Å²) in [5, 5.41) is 0. The fourth-order valence-corrected chi connectivity index (χ4v) is 2.69. The van der Waals surface area contributed by atoms with E-state index in [1.807, 2.05) is 29.1 Å². The van der Waals surface area contributed by atoms with Crippen molar-refractivity contribution in [2.75, 3.05) is 27.3 Å². The molecular weight excluding hydrogens is 267 g/mol. The van der Waals surface area contributed by atoms with Crippen LogP contribution in [0, 0.1) is 0 Å². The Bertz CT molecular complexity index is 330. The molecule has 0 spiro atoms. The third kappa shape index (κ3) is 4.49. The van der Waals surface area contributed by atoms with Gasteiger partial charge in [0, 0.05) is 39.7 Å². The van der Waals surface area contributed by atoms with Crippen molar-refractivity contribution in [2.45, 2.75) is 39.5 Å². The van der Waals surface area contributed by atoms with E-state index in [9.17, 15) is 4.57 Å². The van der Waals surface area contributed by atoms with Crippen molar-refractivity contribution in [3.8, 4) is 0 Å². The van der Waals surface area contributed by atoms with Crippen LogP contribution in [0.2, 0.25) is 0 Å². The zero-order valence-electron chi connectivity index (χ0n) is 12.2. The maximum Gasteiger partial charge on any atom is 0.477 e. The molecule has 0 radical (unpaired) electrons. The number of hydrogen-bond donors (Lipinski definition) is 0. The number of nitrogens with zero attached hydrogens (tertiary/aromatic N) is 2. The molecule has 0 aromatic heterocycles. The molecule has 0 amide bonds. The van der Waals surface area contributed by atoms with Crippen LogP contribution in [-0.2, 0) is 18.1 Å². The molecular formula is C12H25N2O4P. The van der Waals surface area contributed by atoms with Crippen LogP contribution in [0.3, 0.4) is 0 Å². The van der Waals surface area contributed by atoms with E-state index in [-0.39, 0.29) is 0 Å². The Morgan fingerprint density at radius 1 is 1.11 bits per heavy atom. The minimum Gasteiger partial charge on any atom is -0.334 e. The van der Waals surface area contributed by atoms with E-state index in [2.05, 4.69) is 6.92 Å². The van der Waals surface area contributed by atoms with Gasteiger partial charge in [-0.3, -0.25) is 9.05 Å². The highest BCUT2D eigenvalue weighted by molar-refractivity contribution is 7.48. The molecule has 1 heterocycles. The molecule has 7 heteroatoms. The Balaban J connectivity index is 2.65. The minimum absolute atomic E-state index is 0.424. The molecule has 1 unspecified atom stereocenters. The molecule has 1 atom stereocenters. The summed E-state index contributed by atoms with van der Waals surface area (Å²) < 4.78 is 27.3. The van der Waals surface area contributed by atoms with Gasteiger partial charge in [0.1, 0.15) is 0 Å². The molecule has 112 valence electrons. The second kappa shape index (κ2) is 7.90. The molecule has 0 saturated heterocycles. The Kier molecular flexibility index (Phi) is 6.86. The predicted octanol–water partition coefficient (Wildman–Crippen LogP) is 2.99. The third-order valence-corrected chi connectivity index (χ3v) is 4.41. The maximum atomic E-state index is 12.1. The highest BCUT2D eigenvalue weighted by Crippen LogP contribution is 2.50. The first-order chi connectivity index (χ1) is 9.10. The predicted molar refractivity (Wildman–Crippen MR) is 74.2 cm³/mol. The number of hydrogen-bond acceptors (Lipinski definition) is 6. The zero-order chi connectivity index (χ0) is 14.3. The number of rotatable bonds is 9. The monoisotopic (exact) mass is 292 g/mol. The van der Waals surface area contributed by atoms with Crippen molar-refractivity contribution < 1.29 is 18.1 Å². The maximum absolute atomic E-state index is 12.1. The Morgan fingerprint density at radius 3 is 2.26 bits per heavy atom. The molecule has 0 aromatic carbocycles. The second-order valence-corrected chi connectivity index (χ2v) is 6.15. The van der Waals surface area contributed by atoms with E-state index in [1.165, 1.54) is 14.2 Å². The number of unbranched alkanes of at least 4 members (excludes halogenated alkanes) is 2. The molecule has 1 rings (SSSR count). The van der Waals surface area contributed by atoms with Gasteiger partial charge in [0.05, 0.1) is 0 Å². The van der Waals surface area contributed by atoms with Gasteiger partial charge in [-0.25, -0.2) is 9.09 Å². The zero-order valence-corrected chi connectivity index (χ0v) is 13.1. The molecule has 19 heavy (non-hydrogen) atoms. The van der Waals surface area contributed by atoms with Gasteiger partial charge >= 0.3 is 7.82 Å². The molecule has 0 saturated carbocycles. The lowest BCUT2D eigenvalue weighted by Crippen LogP contribution is -2.40. The van der Waals surface area contributed by atoms with E-state index < -0.39 is 14.2 Å². The van der Waals surface area contributed by atoms with Gasteiger partial charge in [0.25, 0.3) is 0 Å². The van der Waals surface area contributed by atoms with Crippen LogP contribution in [0.5, 0.6) is 0 Å². The van der Waals surface area contributed by atoms with Gasteiger partial charge in [-0.2, -0.15) is 0 Å². The van der Waals surface area contributed by atoms with Gasteiger partial charge < -0.3 is 9.80 Å². The standard InChI is InChI=1S/C12H25N2O4P/c1-5-7-8-9-14-11-10-13(6-2)12(14)18-19(15,16-3)17-4/h10-12H,5-9H2,1-4H3. The molecule has 0 fully saturated rings. The van der Waals surface area contributed by atoms with E-state index >= 15 is 0 Å². The lowest BCUT2D eigenvalue weighted by molar-refractivity contribution is -0.0478. The van der Waals surface area contributed by atoms with Crippen molar-refractivity contribution in [2.24, 2.45) is 0 Å². The van der Waals surface area contributed by atoms with Crippen LogP contribution in [0.4, 0.5) is 0 Å². The summed E-state index contributed by atoms with van der Waals surface area (Å²) in [4.78, 5) is 3.97. The van der Waals surface area contributed by atoms with Crippen molar-refractivity contribution in [1.82, 2.24) is 9.80 Å². The van der Waals surface area contributed by atoms with Gasteiger partial charge in [0.2, 0.25) is 6.35 Å². The molecule has 0 bridgehead atoms. The first-order valence-corrected chi connectivity index (χ1v) is 8.16. The minimum atomic E-state index is -3.48. The summed E-state index contributed by atoms with van der Waals surface area (Å²) in [5.74, 6) is 0. The summed E-state index contributed by atoms with van der Waals surface area (Å²) in [5.41, 5.74) is 0. The topological polar surface area (TPSA) is 51.2 Å². The van der Waals surface area contributed by atoms with Gasteiger partial charge in [-0.05, 0) is 13.3 Å². The van der Waals surface area contributed by atoms with Crippen LogP contribution >= 0.6 is 7.82 Å². The number of phosphoric acid groups is 1. The van der Waals surface area contributed by atoms with Gasteiger partial charge in [-0.1, -0.05) is 19.8 Å². The molecule has 1 aliphatic rings. The van der Waals surface area contributed by atoms with Crippen LogP contribution in [0.1, 0.15) is 33.1 Å². The average Bonchev–Trinajstić information content (AvgIpc) is 2.81. The summed E-state index contributed by atoms with van der Waals surface area (Å²) in [6.07, 6.45) is 6.87. The summed E-state index contributed by atoms with van der Waals surface area (Å²) in [7, 11) is -0.833. The van der Waals surface area contributed by atoms with E-state index in [0.29, 0.717) is 0 Å². The highest BCUT2D eigenvalue weighted by Gasteiger charge is 2.35. The fourth-order valence-electron chi connectivity index (χ4n) is 1.90. The molecule has 0 N–H and O–H groups in total. The van der Waals surface area contributed by atoms with Crippen LogP contribution in [0.25, 0.3) is 0 Å². The Hall–Kier alpha value is -0.550. The smallest absolute Gasteiger partial charge is 0.334 e. The normalized spacial score (nSPS) is 19.5. The summed E-state index contributed by atoms with van der Waals surface area (Å²) in [6, 6.07) is 0. The second-order valence-electron chi connectivity index (χ2n) is 4.32. The van der Waals surface area contributed by atoms with Crippen molar-refractivity contribution >= 4 is 7.82 Å². The quantitative estimate of drug-likeness (QED) is 0.481. The van der Waals surface area contributed by atoms with Crippen molar-refractivity contribution in [3.05, 3.63) is 12.4 Å². The first-order valence-electron chi connectivity index (χ1n) is 6.70. The summed E-state index contributed by atoms with van der Waals surface area (Å²) in [6.45, 7) is 5.80. The van der Waals surface area contributed by atoms with Crippen LogP contribution in [0.15, 0.2) is 12.4 Å². The third-order valence-electron chi connectivity index (χ3n) is 3.07. The lowest BCUT2D eigenvalue weighted by Gasteiger charge is -2.32. The lowest BCUT2D eigenvalue weighted by atomic mass is 10.2. The molecule has 6 nitrogen and oxygen atoms in total. The Labute approximate surface area is 115 Å². The van der Waals surface area contributed by atoms with Gasteiger partial charge in [0.15, 0.2) is 0 Å². The molecule has 0 aromatic rings. The van der Waals surface area contributed by atoms with Crippen LogP contribution in [-0.4, -0.2) is 43.5 Å². The van der Waals surface area contributed by atoms with E-state index in [4.69, 9.17) is 13.6 Å². The molecule has 0 aliphatic carbocycles. The summed E-state index contributed by atoms with van der Waals surface area (Å²) >= 11 is 0. The SMILES string of the molecule is CCCCCN1C=CN(CC)C1OP(=O)(OC)OC. The van der Waals surface area contributed by atoms with E-state index in [1.54, 1.807) is 0 Å². The number of phosphoric ester groups is 1. The Morgan fingerprint density at radius 2 is 1.74 bits per heavy atom. The largest absolute Gasteiger partial charge is 0.477 e. The average molecular weight is 292 g/mol. The molecule has 1 aliphatic heterocycles.